The number of carbonyl (C=O) groups excluding carboxylic acids is 1. The van der Waals surface area contributed by atoms with Gasteiger partial charge in [-0.2, -0.15) is 0 Å². The molecule has 5 heteroatoms. The summed E-state index contributed by atoms with van der Waals surface area (Å²) in [4.78, 5) is 12.0. The van der Waals surface area contributed by atoms with E-state index >= 15 is 0 Å². The van der Waals surface area contributed by atoms with E-state index < -0.39 is 0 Å². The molecule has 0 N–H and O–H groups in total. The lowest BCUT2D eigenvalue weighted by Crippen LogP contribution is -2.17. The molecule has 0 unspecified atom stereocenters. The Morgan fingerprint density at radius 2 is 2.19 bits per heavy atom. The number of aromatic nitrogens is 4. The van der Waals surface area contributed by atoms with Gasteiger partial charge in [0.2, 0.25) is 0 Å². The zero-order chi connectivity index (χ0) is 11.4. The van der Waals surface area contributed by atoms with Gasteiger partial charge < -0.3 is 0 Å². The molecule has 2 rings (SSSR count). The Morgan fingerprint density at radius 1 is 1.44 bits per heavy atom. The lowest BCUT2D eigenvalue weighted by Gasteiger charge is -2.07. The van der Waals surface area contributed by atoms with Crippen LogP contribution in [0.5, 0.6) is 0 Å². The summed E-state index contributed by atoms with van der Waals surface area (Å²) in [6.45, 7) is 2.87. The normalized spacial score (nSPS) is 16.8. The van der Waals surface area contributed by atoms with Crippen LogP contribution in [0.25, 0.3) is 0 Å². The standard InChI is InChI=1S/C11H18N4O/c1-2-7-15-11(12-13-14-15)8-10(16)9-5-3-4-6-9/h9H,2-8H2,1H3. The molecule has 0 amide bonds. The van der Waals surface area contributed by atoms with Crippen molar-refractivity contribution in [2.75, 3.05) is 0 Å². The number of carbonyl (C=O) groups is 1. The van der Waals surface area contributed by atoms with Gasteiger partial charge in [-0.05, 0) is 29.7 Å². The number of nitrogens with zero attached hydrogens (tertiary/aromatic N) is 4. The molecular formula is C11H18N4O. The minimum absolute atomic E-state index is 0.256. The molecule has 0 atom stereocenters. The van der Waals surface area contributed by atoms with Crippen LogP contribution in [0.4, 0.5) is 0 Å². The van der Waals surface area contributed by atoms with E-state index in [1.54, 1.807) is 4.68 Å². The Balaban J connectivity index is 1.96. The quantitative estimate of drug-likeness (QED) is 0.755. The van der Waals surface area contributed by atoms with Crippen molar-refractivity contribution in [3.8, 4) is 0 Å². The third kappa shape index (κ3) is 2.46. The fourth-order valence-electron chi connectivity index (χ4n) is 2.28. The summed E-state index contributed by atoms with van der Waals surface area (Å²) in [5.41, 5.74) is 0. The maximum Gasteiger partial charge on any atom is 0.158 e. The second-order valence-electron chi connectivity index (χ2n) is 4.44. The van der Waals surface area contributed by atoms with Crippen molar-refractivity contribution in [1.29, 1.82) is 0 Å². The fourth-order valence-corrected chi connectivity index (χ4v) is 2.28. The molecule has 1 saturated carbocycles. The van der Waals surface area contributed by atoms with Crippen molar-refractivity contribution in [2.24, 2.45) is 5.92 Å². The van der Waals surface area contributed by atoms with Gasteiger partial charge in [0.05, 0.1) is 6.42 Å². The Hall–Kier alpha value is -1.26. The predicted octanol–water partition coefficient (Wildman–Crippen LogP) is 1.38. The molecular weight excluding hydrogens is 204 g/mol. The molecule has 1 heterocycles. The van der Waals surface area contributed by atoms with Crippen molar-refractivity contribution in [2.45, 2.75) is 52.0 Å². The van der Waals surface area contributed by atoms with Crippen molar-refractivity contribution in [1.82, 2.24) is 20.2 Å². The van der Waals surface area contributed by atoms with Crippen molar-refractivity contribution in [3.05, 3.63) is 5.82 Å². The summed E-state index contributed by atoms with van der Waals surface area (Å²) in [5.74, 6) is 1.29. The van der Waals surface area contributed by atoms with Gasteiger partial charge in [-0.1, -0.05) is 19.8 Å². The van der Waals surface area contributed by atoms with Gasteiger partial charge in [0.25, 0.3) is 0 Å². The van der Waals surface area contributed by atoms with E-state index in [-0.39, 0.29) is 5.92 Å². The van der Waals surface area contributed by atoms with Gasteiger partial charge >= 0.3 is 0 Å². The van der Waals surface area contributed by atoms with Crippen molar-refractivity contribution < 1.29 is 4.79 Å². The highest BCUT2D eigenvalue weighted by molar-refractivity contribution is 5.82. The summed E-state index contributed by atoms with van der Waals surface area (Å²) in [6.07, 6.45) is 5.86. The van der Waals surface area contributed by atoms with Crippen LogP contribution in [0, 0.1) is 5.92 Å². The molecule has 1 fully saturated rings. The highest BCUT2D eigenvalue weighted by atomic mass is 16.1. The van der Waals surface area contributed by atoms with Crippen molar-refractivity contribution >= 4 is 5.78 Å². The zero-order valence-electron chi connectivity index (χ0n) is 9.72. The van der Waals surface area contributed by atoms with Gasteiger partial charge in [-0.15, -0.1) is 5.10 Å². The number of Topliss-reactive ketones (excluding diaryl/α,β-unsaturated/α-hetero) is 1. The largest absolute Gasteiger partial charge is 0.299 e. The van der Waals surface area contributed by atoms with Crippen LogP contribution in [0.2, 0.25) is 0 Å². The Kier molecular flexibility index (Phi) is 3.64. The van der Waals surface area contributed by atoms with Crippen LogP contribution in [-0.2, 0) is 17.8 Å². The summed E-state index contributed by atoms with van der Waals surface area (Å²) in [5, 5.41) is 11.4. The number of hydrogen-bond donors (Lipinski definition) is 0. The smallest absolute Gasteiger partial charge is 0.158 e. The SMILES string of the molecule is CCCn1nnnc1CC(=O)C1CCCC1. The lowest BCUT2D eigenvalue weighted by molar-refractivity contribution is -0.122. The average molecular weight is 222 g/mol. The third-order valence-corrected chi connectivity index (χ3v) is 3.18. The Bertz CT molecular complexity index is 355. The highest BCUT2D eigenvalue weighted by Crippen LogP contribution is 2.26. The lowest BCUT2D eigenvalue weighted by atomic mass is 10.00. The van der Waals surface area contributed by atoms with Gasteiger partial charge in [0.15, 0.2) is 5.82 Å². The second kappa shape index (κ2) is 5.18. The van der Waals surface area contributed by atoms with E-state index in [1.807, 2.05) is 0 Å². The Labute approximate surface area is 95.2 Å². The third-order valence-electron chi connectivity index (χ3n) is 3.18. The molecule has 0 aliphatic heterocycles. The summed E-state index contributed by atoms with van der Waals surface area (Å²) >= 11 is 0. The first-order chi connectivity index (χ1) is 7.81. The maximum atomic E-state index is 12.0. The monoisotopic (exact) mass is 222 g/mol. The molecule has 1 aliphatic rings. The van der Waals surface area contributed by atoms with E-state index in [0.29, 0.717) is 12.2 Å². The number of rotatable bonds is 5. The molecule has 16 heavy (non-hydrogen) atoms. The summed E-state index contributed by atoms with van der Waals surface area (Å²) < 4.78 is 1.74. The summed E-state index contributed by atoms with van der Waals surface area (Å²) in [7, 11) is 0. The van der Waals surface area contributed by atoms with Gasteiger partial charge in [0.1, 0.15) is 5.78 Å². The fraction of sp³-hybridized carbons (Fsp3) is 0.818. The maximum absolute atomic E-state index is 12.0. The van der Waals surface area contributed by atoms with Gasteiger partial charge in [-0.25, -0.2) is 4.68 Å². The van der Waals surface area contributed by atoms with E-state index in [1.165, 1.54) is 12.8 Å². The predicted molar refractivity (Wildman–Crippen MR) is 58.8 cm³/mol. The van der Waals surface area contributed by atoms with Crippen LogP contribution in [0.3, 0.4) is 0 Å². The number of tetrazole rings is 1. The number of hydrogen-bond acceptors (Lipinski definition) is 4. The van der Waals surface area contributed by atoms with Gasteiger partial charge in [0, 0.05) is 12.5 Å². The topological polar surface area (TPSA) is 60.7 Å². The Morgan fingerprint density at radius 3 is 2.88 bits per heavy atom. The minimum Gasteiger partial charge on any atom is -0.299 e. The molecule has 1 aromatic rings. The van der Waals surface area contributed by atoms with E-state index in [2.05, 4.69) is 22.4 Å². The second-order valence-corrected chi connectivity index (χ2v) is 4.44. The zero-order valence-corrected chi connectivity index (χ0v) is 9.72. The molecule has 1 aromatic heterocycles. The van der Waals surface area contributed by atoms with Crippen LogP contribution >= 0.6 is 0 Å². The molecule has 5 nitrogen and oxygen atoms in total. The first-order valence-corrected chi connectivity index (χ1v) is 6.09. The van der Waals surface area contributed by atoms with Crippen LogP contribution in [0.15, 0.2) is 0 Å². The van der Waals surface area contributed by atoms with E-state index in [4.69, 9.17) is 0 Å². The van der Waals surface area contributed by atoms with Gasteiger partial charge in [-0.3, -0.25) is 4.79 Å². The van der Waals surface area contributed by atoms with Crippen LogP contribution in [0.1, 0.15) is 44.9 Å². The highest BCUT2D eigenvalue weighted by Gasteiger charge is 2.24. The average Bonchev–Trinajstić information content (AvgIpc) is 2.90. The first kappa shape index (κ1) is 11.2. The molecule has 1 aliphatic carbocycles. The van der Waals surface area contributed by atoms with E-state index in [0.717, 1.165) is 31.6 Å². The van der Waals surface area contributed by atoms with Crippen LogP contribution in [-0.4, -0.2) is 26.0 Å². The number of aryl methyl sites for hydroxylation is 1. The number of ketones is 1. The summed E-state index contributed by atoms with van der Waals surface area (Å²) in [6, 6.07) is 0. The molecule has 88 valence electrons. The van der Waals surface area contributed by atoms with Crippen molar-refractivity contribution in [3.63, 3.8) is 0 Å². The molecule has 0 radical (unpaired) electrons. The molecule has 0 saturated heterocycles. The van der Waals surface area contributed by atoms with Crippen LogP contribution < -0.4 is 0 Å². The molecule has 0 aromatic carbocycles. The minimum atomic E-state index is 0.256. The van der Waals surface area contributed by atoms with E-state index in [9.17, 15) is 4.79 Å². The molecule has 0 spiro atoms. The first-order valence-electron chi connectivity index (χ1n) is 6.09. The molecule has 0 bridgehead atoms.